The van der Waals surface area contributed by atoms with Crippen LogP contribution >= 0.6 is 0 Å². The SMILES string of the molecule is CC(C)(C)c1ccc(-c2cnc(CCO)[nH]2)cc1. The Labute approximate surface area is 108 Å². The highest BCUT2D eigenvalue weighted by Gasteiger charge is 2.13. The summed E-state index contributed by atoms with van der Waals surface area (Å²) in [6.45, 7) is 6.74. The molecule has 0 saturated heterocycles. The molecular weight excluding hydrogens is 224 g/mol. The third-order valence-electron chi connectivity index (χ3n) is 3.04. The minimum absolute atomic E-state index is 0.121. The first-order chi connectivity index (χ1) is 8.50. The maximum atomic E-state index is 8.87. The molecule has 1 aromatic carbocycles. The fourth-order valence-corrected chi connectivity index (χ4v) is 1.89. The lowest BCUT2D eigenvalue weighted by molar-refractivity contribution is 0.297. The van der Waals surface area contributed by atoms with Crippen molar-refractivity contribution < 1.29 is 5.11 Å². The van der Waals surface area contributed by atoms with Gasteiger partial charge in [-0.15, -0.1) is 0 Å². The molecule has 0 saturated carbocycles. The van der Waals surface area contributed by atoms with Crippen molar-refractivity contribution >= 4 is 0 Å². The molecule has 0 unspecified atom stereocenters. The molecule has 0 atom stereocenters. The van der Waals surface area contributed by atoms with E-state index in [9.17, 15) is 0 Å². The molecule has 96 valence electrons. The zero-order valence-electron chi connectivity index (χ0n) is 11.2. The Morgan fingerprint density at radius 3 is 2.39 bits per heavy atom. The van der Waals surface area contributed by atoms with Crippen LogP contribution in [0.2, 0.25) is 0 Å². The van der Waals surface area contributed by atoms with Gasteiger partial charge in [0.15, 0.2) is 0 Å². The Morgan fingerprint density at radius 2 is 1.83 bits per heavy atom. The number of aromatic nitrogens is 2. The summed E-state index contributed by atoms with van der Waals surface area (Å²) in [4.78, 5) is 7.46. The third-order valence-corrected chi connectivity index (χ3v) is 3.04. The van der Waals surface area contributed by atoms with Gasteiger partial charge in [-0.05, 0) is 16.5 Å². The number of nitrogens with zero attached hydrogens (tertiary/aromatic N) is 1. The Kier molecular flexibility index (Phi) is 3.53. The van der Waals surface area contributed by atoms with E-state index in [1.54, 1.807) is 0 Å². The van der Waals surface area contributed by atoms with E-state index in [-0.39, 0.29) is 12.0 Å². The van der Waals surface area contributed by atoms with E-state index < -0.39 is 0 Å². The summed E-state index contributed by atoms with van der Waals surface area (Å²) in [6, 6.07) is 8.53. The lowest BCUT2D eigenvalue weighted by Gasteiger charge is -2.18. The molecule has 1 heterocycles. The highest BCUT2D eigenvalue weighted by Crippen LogP contribution is 2.25. The molecule has 0 aliphatic rings. The van der Waals surface area contributed by atoms with Crippen molar-refractivity contribution in [3.05, 3.63) is 41.9 Å². The number of rotatable bonds is 3. The van der Waals surface area contributed by atoms with Crippen molar-refractivity contribution in [2.75, 3.05) is 6.61 Å². The van der Waals surface area contributed by atoms with Crippen molar-refractivity contribution in [1.82, 2.24) is 9.97 Å². The van der Waals surface area contributed by atoms with Gasteiger partial charge in [0.05, 0.1) is 18.5 Å². The zero-order chi connectivity index (χ0) is 13.2. The molecule has 2 rings (SSSR count). The van der Waals surface area contributed by atoms with Crippen LogP contribution in [0.25, 0.3) is 11.3 Å². The number of imidazole rings is 1. The van der Waals surface area contributed by atoms with E-state index in [1.165, 1.54) is 5.56 Å². The highest BCUT2D eigenvalue weighted by atomic mass is 16.3. The molecule has 0 spiro atoms. The van der Waals surface area contributed by atoms with Crippen LogP contribution in [0.3, 0.4) is 0 Å². The number of hydrogen-bond donors (Lipinski definition) is 2. The van der Waals surface area contributed by atoms with Gasteiger partial charge in [0.2, 0.25) is 0 Å². The van der Waals surface area contributed by atoms with Crippen LogP contribution in [0.1, 0.15) is 32.2 Å². The van der Waals surface area contributed by atoms with Crippen LogP contribution in [0, 0.1) is 0 Å². The number of H-pyrrole nitrogens is 1. The van der Waals surface area contributed by atoms with E-state index in [1.807, 2.05) is 6.20 Å². The van der Waals surface area contributed by atoms with Crippen molar-refractivity contribution in [2.24, 2.45) is 0 Å². The van der Waals surface area contributed by atoms with E-state index in [4.69, 9.17) is 5.11 Å². The maximum Gasteiger partial charge on any atom is 0.108 e. The number of hydrogen-bond acceptors (Lipinski definition) is 2. The molecule has 1 aromatic heterocycles. The fourth-order valence-electron chi connectivity index (χ4n) is 1.89. The molecule has 0 aliphatic heterocycles. The molecule has 3 nitrogen and oxygen atoms in total. The monoisotopic (exact) mass is 244 g/mol. The van der Waals surface area contributed by atoms with E-state index in [2.05, 4.69) is 55.0 Å². The average Bonchev–Trinajstić information content (AvgIpc) is 2.77. The molecule has 2 N–H and O–H groups in total. The van der Waals surface area contributed by atoms with Crippen molar-refractivity contribution in [1.29, 1.82) is 0 Å². The number of aromatic amines is 1. The summed E-state index contributed by atoms with van der Waals surface area (Å²) in [5.41, 5.74) is 3.62. The van der Waals surface area contributed by atoms with Gasteiger partial charge in [0, 0.05) is 6.42 Å². The van der Waals surface area contributed by atoms with Crippen LogP contribution in [0.4, 0.5) is 0 Å². The molecule has 0 radical (unpaired) electrons. The fraction of sp³-hybridized carbons (Fsp3) is 0.400. The molecule has 0 aliphatic carbocycles. The lowest BCUT2D eigenvalue weighted by Crippen LogP contribution is -2.10. The second-order valence-corrected chi connectivity index (χ2v) is 5.54. The van der Waals surface area contributed by atoms with E-state index >= 15 is 0 Å². The van der Waals surface area contributed by atoms with Crippen molar-refractivity contribution in [3.63, 3.8) is 0 Å². The quantitative estimate of drug-likeness (QED) is 0.872. The second-order valence-electron chi connectivity index (χ2n) is 5.54. The molecule has 2 aromatic rings. The van der Waals surface area contributed by atoms with E-state index in [0.717, 1.165) is 17.1 Å². The third kappa shape index (κ3) is 2.79. The summed E-state index contributed by atoms with van der Waals surface area (Å²) < 4.78 is 0. The first-order valence-corrected chi connectivity index (χ1v) is 6.26. The van der Waals surface area contributed by atoms with Gasteiger partial charge in [-0.2, -0.15) is 0 Å². The standard InChI is InChI=1S/C15H20N2O/c1-15(2,3)12-6-4-11(5-7-12)13-10-16-14(17-13)8-9-18/h4-7,10,18H,8-9H2,1-3H3,(H,16,17). The second kappa shape index (κ2) is 4.94. The van der Waals surface area contributed by atoms with Gasteiger partial charge in [-0.3, -0.25) is 0 Å². The van der Waals surface area contributed by atoms with Crippen molar-refractivity contribution in [3.8, 4) is 11.3 Å². The predicted octanol–water partition coefficient (Wildman–Crippen LogP) is 2.91. The van der Waals surface area contributed by atoms with Crippen LogP contribution < -0.4 is 0 Å². The minimum atomic E-state index is 0.121. The summed E-state index contributed by atoms with van der Waals surface area (Å²) in [6.07, 6.45) is 2.39. The number of aliphatic hydroxyl groups is 1. The average molecular weight is 244 g/mol. The Bertz CT molecular complexity index is 506. The molecule has 18 heavy (non-hydrogen) atoms. The van der Waals surface area contributed by atoms with Crippen LogP contribution in [-0.2, 0) is 11.8 Å². The summed E-state index contributed by atoms with van der Waals surface area (Å²) in [7, 11) is 0. The molecule has 3 heteroatoms. The van der Waals surface area contributed by atoms with Gasteiger partial charge in [0.1, 0.15) is 5.82 Å². The smallest absolute Gasteiger partial charge is 0.108 e. The lowest BCUT2D eigenvalue weighted by atomic mass is 9.86. The van der Waals surface area contributed by atoms with Gasteiger partial charge >= 0.3 is 0 Å². The Morgan fingerprint density at radius 1 is 1.17 bits per heavy atom. The van der Waals surface area contributed by atoms with Gasteiger partial charge in [0.25, 0.3) is 0 Å². The number of aliphatic hydroxyl groups excluding tert-OH is 1. The zero-order valence-corrected chi connectivity index (χ0v) is 11.2. The largest absolute Gasteiger partial charge is 0.396 e. The topological polar surface area (TPSA) is 48.9 Å². The minimum Gasteiger partial charge on any atom is -0.396 e. The van der Waals surface area contributed by atoms with Crippen LogP contribution in [0.5, 0.6) is 0 Å². The highest BCUT2D eigenvalue weighted by molar-refractivity contribution is 5.59. The summed E-state index contributed by atoms with van der Waals surface area (Å²) >= 11 is 0. The first-order valence-electron chi connectivity index (χ1n) is 6.26. The molecule has 0 bridgehead atoms. The number of benzene rings is 1. The van der Waals surface area contributed by atoms with Crippen LogP contribution in [-0.4, -0.2) is 21.7 Å². The molecule has 0 fully saturated rings. The predicted molar refractivity (Wildman–Crippen MR) is 73.5 cm³/mol. The molecule has 0 amide bonds. The maximum absolute atomic E-state index is 8.87. The number of nitrogens with one attached hydrogen (secondary N) is 1. The van der Waals surface area contributed by atoms with Gasteiger partial charge in [-0.1, -0.05) is 45.0 Å². The van der Waals surface area contributed by atoms with Gasteiger partial charge in [-0.25, -0.2) is 4.98 Å². The first kappa shape index (κ1) is 12.8. The van der Waals surface area contributed by atoms with Gasteiger partial charge < -0.3 is 10.1 Å². The van der Waals surface area contributed by atoms with E-state index in [0.29, 0.717) is 6.42 Å². The Balaban J connectivity index is 2.23. The summed E-state index contributed by atoms with van der Waals surface area (Å²) in [5.74, 6) is 0.826. The molecular formula is C15H20N2O. The normalized spacial score (nSPS) is 11.8. The Hall–Kier alpha value is -1.61. The van der Waals surface area contributed by atoms with Crippen LogP contribution in [0.15, 0.2) is 30.5 Å². The van der Waals surface area contributed by atoms with Crippen molar-refractivity contribution in [2.45, 2.75) is 32.6 Å². The summed E-state index contributed by atoms with van der Waals surface area (Å²) in [5, 5.41) is 8.87.